The molecule has 0 bridgehead atoms. The molecule has 0 amide bonds. The molecular weight excluding hydrogens is 426 g/mol. The van der Waals surface area contributed by atoms with Crippen LogP contribution >= 0.6 is 0 Å². The van der Waals surface area contributed by atoms with Gasteiger partial charge in [0.05, 0.1) is 36.8 Å². The Morgan fingerprint density at radius 2 is 1.97 bits per heavy atom. The van der Waals surface area contributed by atoms with Crippen LogP contribution in [0.2, 0.25) is 0 Å². The number of allylic oxidation sites excluding steroid dienone is 1. The number of hydrogen-bond acceptors (Lipinski definition) is 6. The minimum absolute atomic E-state index is 0.292. The number of pyridine rings is 4. The van der Waals surface area contributed by atoms with Crippen molar-refractivity contribution in [2.24, 2.45) is 10.7 Å². The summed E-state index contributed by atoms with van der Waals surface area (Å²) in [6.45, 7) is 4.36. The van der Waals surface area contributed by atoms with Crippen molar-refractivity contribution in [3.8, 4) is 17.0 Å². The quantitative estimate of drug-likeness (QED) is 0.318. The molecule has 0 unspecified atom stereocenters. The highest BCUT2D eigenvalue weighted by molar-refractivity contribution is 5.89. The Morgan fingerprint density at radius 1 is 1.09 bits per heavy atom. The van der Waals surface area contributed by atoms with E-state index in [0.29, 0.717) is 18.3 Å². The monoisotopic (exact) mass is 453 g/mol. The van der Waals surface area contributed by atoms with Gasteiger partial charge in [0.1, 0.15) is 11.4 Å². The third kappa shape index (κ3) is 5.35. The molecular formula is C26H27N7O. The van der Waals surface area contributed by atoms with Crippen molar-refractivity contribution in [1.29, 1.82) is 0 Å². The lowest BCUT2D eigenvalue weighted by Gasteiger charge is -2.12. The minimum Gasteiger partial charge on any atom is -0.494 e. The van der Waals surface area contributed by atoms with Gasteiger partial charge in [-0.05, 0) is 49.2 Å². The topological polar surface area (TPSA) is 111 Å². The normalized spacial score (nSPS) is 12.1. The highest BCUT2D eigenvalue weighted by atomic mass is 16.5. The number of aliphatic imine (C=N–C) groups is 1. The average molecular weight is 454 g/mol. The van der Waals surface area contributed by atoms with Crippen molar-refractivity contribution in [1.82, 2.24) is 25.3 Å². The molecule has 4 aromatic heterocycles. The zero-order valence-corrected chi connectivity index (χ0v) is 19.5. The molecule has 0 atom stereocenters. The maximum atomic E-state index is 6.21. The number of aromatic nitrogens is 4. The number of nitrogens with two attached hydrogens (primary N) is 1. The molecule has 0 saturated heterocycles. The molecule has 0 aromatic carbocycles. The largest absolute Gasteiger partial charge is 0.494 e. The fraction of sp³-hybridized carbons (Fsp3) is 0.192. The van der Waals surface area contributed by atoms with Crippen LogP contribution < -0.4 is 15.8 Å². The van der Waals surface area contributed by atoms with Gasteiger partial charge in [0.2, 0.25) is 0 Å². The Morgan fingerprint density at radius 3 is 2.76 bits per heavy atom. The Balaban J connectivity index is 1.51. The molecule has 4 aromatic rings. The first-order chi connectivity index (χ1) is 16.6. The van der Waals surface area contributed by atoms with Crippen LogP contribution in [0.4, 0.5) is 0 Å². The molecule has 34 heavy (non-hydrogen) atoms. The molecule has 0 aliphatic carbocycles. The maximum absolute atomic E-state index is 6.21. The van der Waals surface area contributed by atoms with Crippen molar-refractivity contribution in [3.63, 3.8) is 0 Å². The average Bonchev–Trinajstić information content (AvgIpc) is 2.86. The number of nitrogens with one attached hydrogen (secondary N) is 1. The second-order valence-electron chi connectivity index (χ2n) is 7.70. The van der Waals surface area contributed by atoms with E-state index in [-0.39, 0.29) is 0 Å². The van der Waals surface area contributed by atoms with Crippen molar-refractivity contribution < 1.29 is 4.74 Å². The second-order valence-corrected chi connectivity index (χ2v) is 7.70. The molecule has 0 aliphatic heterocycles. The maximum Gasteiger partial charge on any atom is 0.193 e. The summed E-state index contributed by atoms with van der Waals surface area (Å²) < 4.78 is 5.58. The van der Waals surface area contributed by atoms with Crippen LogP contribution in [0.3, 0.4) is 0 Å². The minimum atomic E-state index is 0.292. The molecule has 0 aliphatic rings. The van der Waals surface area contributed by atoms with Gasteiger partial charge in [-0.15, -0.1) is 0 Å². The van der Waals surface area contributed by atoms with E-state index >= 15 is 0 Å². The van der Waals surface area contributed by atoms with E-state index in [2.05, 4.69) is 37.2 Å². The van der Waals surface area contributed by atoms with Crippen LogP contribution in [0.1, 0.15) is 30.3 Å². The summed E-state index contributed by atoms with van der Waals surface area (Å²) in [4.78, 5) is 22.2. The summed E-state index contributed by atoms with van der Waals surface area (Å²) in [6.07, 6.45) is 9.91. The molecule has 0 saturated carbocycles. The van der Waals surface area contributed by atoms with E-state index in [0.717, 1.165) is 51.2 Å². The highest BCUT2D eigenvalue weighted by Crippen LogP contribution is 2.28. The third-order valence-corrected chi connectivity index (χ3v) is 5.17. The molecule has 0 fully saturated rings. The SMILES string of the molecule is CC/C=C(\NC(N)=NCc1cnc(-c2ccnc(C)c2)c(OC)c1)c1cc2cccnc2cn1. The Labute approximate surface area is 198 Å². The van der Waals surface area contributed by atoms with E-state index in [1.807, 2.05) is 49.4 Å². The predicted molar refractivity (Wildman–Crippen MR) is 135 cm³/mol. The Hall–Kier alpha value is -4.33. The number of fused-ring (bicyclic) bond motifs is 1. The molecule has 4 heterocycles. The van der Waals surface area contributed by atoms with Crippen LogP contribution in [0.25, 0.3) is 27.9 Å². The summed E-state index contributed by atoms with van der Waals surface area (Å²) in [6, 6.07) is 11.7. The number of nitrogens with zero attached hydrogens (tertiary/aromatic N) is 5. The zero-order chi connectivity index (χ0) is 23.9. The van der Waals surface area contributed by atoms with Crippen LogP contribution in [-0.4, -0.2) is 33.0 Å². The lowest BCUT2D eigenvalue weighted by atomic mass is 10.1. The van der Waals surface area contributed by atoms with Gasteiger partial charge in [-0.25, -0.2) is 4.99 Å². The van der Waals surface area contributed by atoms with Gasteiger partial charge in [-0.1, -0.05) is 19.1 Å². The molecule has 0 spiro atoms. The Bertz CT molecular complexity index is 1360. The molecule has 4 rings (SSSR count). The fourth-order valence-electron chi connectivity index (χ4n) is 3.54. The van der Waals surface area contributed by atoms with Gasteiger partial charge in [-0.2, -0.15) is 0 Å². The molecule has 8 nitrogen and oxygen atoms in total. The molecule has 0 radical (unpaired) electrons. The molecule has 172 valence electrons. The number of methoxy groups -OCH3 is 1. The zero-order valence-electron chi connectivity index (χ0n) is 19.5. The van der Waals surface area contributed by atoms with Crippen molar-refractivity contribution in [2.75, 3.05) is 7.11 Å². The summed E-state index contributed by atoms with van der Waals surface area (Å²) >= 11 is 0. The summed E-state index contributed by atoms with van der Waals surface area (Å²) in [7, 11) is 1.63. The molecule has 8 heteroatoms. The van der Waals surface area contributed by atoms with E-state index in [4.69, 9.17) is 10.5 Å². The Kier molecular flexibility index (Phi) is 7.07. The van der Waals surface area contributed by atoms with E-state index in [1.165, 1.54) is 0 Å². The number of guanidine groups is 1. The van der Waals surface area contributed by atoms with Crippen LogP contribution in [-0.2, 0) is 6.54 Å². The van der Waals surface area contributed by atoms with Crippen molar-refractivity contribution in [3.05, 3.63) is 84.2 Å². The number of ether oxygens (including phenoxy) is 1. The lowest BCUT2D eigenvalue weighted by molar-refractivity contribution is 0.414. The van der Waals surface area contributed by atoms with Crippen LogP contribution in [0.15, 0.2) is 72.3 Å². The van der Waals surface area contributed by atoms with Crippen LogP contribution in [0.5, 0.6) is 5.75 Å². The first-order valence-electron chi connectivity index (χ1n) is 11.0. The number of aryl methyl sites for hydroxylation is 1. The third-order valence-electron chi connectivity index (χ3n) is 5.17. The standard InChI is InChI=1S/C26H27N7O/c1-4-6-21(22-13-19-7-5-9-29-23(19)16-30-22)33-26(27)32-15-18-12-24(34-3)25(31-14-18)20-8-10-28-17(2)11-20/h5-14,16H,4,15H2,1-3H3,(H3,27,32,33)/b21-6-. The van der Waals surface area contributed by atoms with Gasteiger partial charge < -0.3 is 15.8 Å². The van der Waals surface area contributed by atoms with E-state index < -0.39 is 0 Å². The van der Waals surface area contributed by atoms with Crippen molar-refractivity contribution in [2.45, 2.75) is 26.8 Å². The first-order valence-corrected chi connectivity index (χ1v) is 11.0. The van der Waals surface area contributed by atoms with Gasteiger partial charge in [0, 0.05) is 35.2 Å². The van der Waals surface area contributed by atoms with Crippen LogP contribution in [0, 0.1) is 6.92 Å². The lowest BCUT2D eigenvalue weighted by Crippen LogP contribution is -2.30. The molecule has 3 N–H and O–H groups in total. The summed E-state index contributed by atoms with van der Waals surface area (Å²) in [5.41, 5.74) is 12.1. The number of rotatable bonds is 7. The number of hydrogen-bond donors (Lipinski definition) is 2. The van der Waals surface area contributed by atoms with Gasteiger partial charge in [-0.3, -0.25) is 19.9 Å². The highest BCUT2D eigenvalue weighted by Gasteiger charge is 2.10. The van der Waals surface area contributed by atoms with Gasteiger partial charge >= 0.3 is 0 Å². The van der Waals surface area contributed by atoms with E-state index in [9.17, 15) is 0 Å². The first kappa shape index (κ1) is 22.8. The predicted octanol–water partition coefficient (Wildman–Crippen LogP) is 4.26. The smallest absolute Gasteiger partial charge is 0.193 e. The van der Waals surface area contributed by atoms with Crippen molar-refractivity contribution >= 4 is 22.6 Å². The van der Waals surface area contributed by atoms with Gasteiger partial charge in [0.15, 0.2) is 5.96 Å². The summed E-state index contributed by atoms with van der Waals surface area (Å²) in [5, 5.41) is 4.20. The summed E-state index contributed by atoms with van der Waals surface area (Å²) in [5.74, 6) is 0.964. The van der Waals surface area contributed by atoms with Gasteiger partial charge in [0.25, 0.3) is 0 Å². The second kappa shape index (κ2) is 10.5. The fourth-order valence-corrected chi connectivity index (χ4v) is 3.54. The van der Waals surface area contributed by atoms with E-state index in [1.54, 1.807) is 31.9 Å².